The Hall–Kier alpha value is -2.56. The van der Waals surface area contributed by atoms with Crippen molar-refractivity contribution in [2.24, 2.45) is 4.40 Å². The van der Waals surface area contributed by atoms with Crippen LogP contribution in [0.5, 0.6) is 0 Å². The van der Waals surface area contributed by atoms with Crippen molar-refractivity contribution in [3.05, 3.63) is 69.7 Å². The summed E-state index contributed by atoms with van der Waals surface area (Å²) in [5.74, 6) is -0.929. The van der Waals surface area contributed by atoms with Gasteiger partial charge in [0.1, 0.15) is 5.82 Å². The molecule has 1 amide bonds. The van der Waals surface area contributed by atoms with Crippen molar-refractivity contribution in [1.82, 2.24) is 14.1 Å². The van der Waals surface area contributed by atoms with E-state index in [2.05, 4.69) is 9.50 Å². The highest BCUT2D eigenvalue weighted by Crippen LogP contribution is 2.17. The Morgan fingerprint density at radius 2 is 1.70 bits per heavy atom. The Kier molecular flexibility index (Phi) is 5.72. The summed E-state index contributed by atoms with van der Waals surface area (Å²) >= 11 is 6.85. The van der Waals surface area contributed by atoms with Crippen LogP contribution in [0, 0.1) is 5.82 Å². The monoisotopic (exact) mass is 466 g/mol. The van der Waals surface area contributed by atoms with Crippen LogP contribution >= 0.6 is 23.1 Å². The van der Waals surface area contributed by atoms with Crippen LogP contribution in [0.2, 0.25) is 5.02 Å². The minimum absolute atomic E-state index is 0.0359. The Balaban J connectivity index is 1.83. The molecule has 0 bridgehead atoms. The lowest BCUT2D eigenvalue weighted by molar-refractivity contribution is 0.0785. The molecule has 0 N–H and O–H groups in total. The molecule has 1 aromatic heterocycles. The number of hydrogen-bond acceptors (Lipinski definition) is 5. The zero-order valence-electron chi connectivity index (χ0n) is 15.5. The molecule has 1 saturated heterocycles. The lowest BCUT2D eigenvalue weighted by Crippen LogP contribution is -2.31. The third-order valence-corrected chi connectivity index (χ3v) is 7.11. The summed E-state index contributed by atoms with van der Waals surface area (Å²) < 4.78 is 43.9. The Morgan fingerprint density at radius 1 is 1.07 bits per heavy atom. The highest BCUT2D eigenvalue weighted by atomic mass is 35.5. The number of rotatable bonds is 4. The minimum Gasteiger partial charge on any atom is -0.337 e. The molecule has 0 aliphatic carbocycles. The third-order valence-electron chi connectivity index (χ3n) is 4.52. The molecule has 1 aliphatic rings. The summed E-state index contributed by atoms with van der Waals surface area (Å²) in [6.45, 7) is 1.17. The van der Waals surface area contributed by atoms with Gasteiger partial charge in [0.2, 0.25) is 0 Å². The first-order valence-corrected chi connectivity index (χ1v) is 11.6. The number of hydrogen-bond donors (Lipinski definition) is 0. The maximum absolute atomic E-state index is 13.2. The van der Waals surface area contributed by atoms with Gasteiger partial charge in [-0.1, -0.05) is 11.6 Å². The lowest BCUT2D eigenvalue weighted by atomic mass is 10.3. The van der Waals surface area contributed by atoms with Crippen LogP contribution in [0.25, 0.3) is 5.69 Å². The fraction of sp³-hybridized carbons (Fsp3) is 0.211. The maximum Gasteiger partial charge on any atom is 0.283 e. The van der Waals surface area contributed by atoms with E-state index in [1.807, 2.05) is 0 Å². The molecule has 0 spiro atoms. The molecular formula is C19H16ClFN4O3S2. The van der Waals surface area contributed by atoms with Gasteiger partial charge in [0.25, 0.3) is 15.9 Å². The quantitative estimate of drug-likeness (QED) is 0.590. The zero-order chi connectivity index (χ0) is 21.3. The van der Waals surface area contributed by atoms with E-state index in [9.17, 15) is 17.6 Å². The second kappa shape index (κ2) is 8.29. The molecule has 2 aromatic carbocycles. The normalized spacial score (nSPS) is 15.0. The van der Waals surface area contributed by atoms with Gasteiger partial charge in [-0.05, 0) is 72.9 Å². The molecule has 0 atom stereocenters. The van der Waals surface area contributed by atoms with Crippen LogP contribution in [-0.4, -0.2) is 41.5 Å². The fourth-order valence-electron chi connectivity index (χ4n) is 2.99. The van der Waals surface area contributed by atoms with Crippen molar-refractivity contribution in [3.8, 4) is 5.69 Å². The number of aromatic nitrogens is 2. The Morgan fingerprint density at radius 3 is 2.33 bits per heavy atom. The van der Waals surface area contributed by atoms with E-state index in [4.69, 9.17) is 11.6 Å². The number of halogens is 2. The smallest absolute Gasteiger partial charge is 0.283 e. The number of amides is 1. The fourth-order valence-corrected chi connectivity index (χ4v) is 5.16. The van der Waals surface area contributed by atoms with Crippen molar-refractivity contribution in [2.45, 2.75) is 17.7 Å². The molecular weight excluding hydrogens is 451 g/mol. The lowest BCUT2D eigenvalue weighted by Gasteiger charge is -2.12. The molecule has 2 heterocycles. The van der Waals surface area contributed by atoms with Gasteiger partial charge in [0, 0.05) is 18.1 Å². The molecule has 156 valence electrons. The van der Waals surface area contributed by atoms with Gasteiger partial charge in [0.05, 0.1) is 10.6 Å². The van der Waals surface area contributed by atoms with Gasteiger partial charge in [0.15, 0.2) is 10.4 Å². The van der Waals surface area contributed by atoms with Gasteiger partial charge in [-0.15, -0.1) is 9.50 Å². The third kappa shape index (κ3) is 4.30. The second-order valence-electron chi connectivity index (χ2n) is 6.61. The van der Waals surface area contributed by atoms with Crippen molar-refractivity contribution in [3.63, 3.8) is 0 Å². The van der Waals surface area contributed by atoms with E-state index in [1.165, 1.54) is 4.07 Å². The largest absolute Gasteiger partial charge is 0.337 e. The predicted octanol–water partition coefficient (Wildman–Crippen LogP) is 3.25. The van der Waals surface area contributed by atoms with Crippen LogP contribution < -0.4 is 4.67 Å². The van der Waals surface area contributed by atoms with E-state index in [0.717, 1.165) is 48.6 Å². The van der Waals surface area contributed by atoms with Gasteiger partial charge in [-0.2, -0.15) is 12.5 Å². The van der Waals surface area contributed by atoms with Crippen molar-refractivity contribution in [2.75, 3.05) is 13.1 Å². The van der Waals surface area contributed by atoms with Gasteiger partial charge in [-0.25, -0.2) is 4.39 Å². The summed E-state index contributed by atoms with van der Waals surface area (Å²) in [5, 5.41) is 4.86. The summed E-state index contributed by atoms with van der Waals surface area (Å²) in [5.41, 5.74) is 0.572. The molecule has 11 heteroatoms. The van der Waals surface area contributed by atoms with Gasteiger partial charge >= 0.3 is 0 Å². The summed E-state index contributed by atoms with van der Waals surface area (Å²) in [4.78, 5) is 14.4. The number of benzene rings is 2. The van der Waals surface area contributed by atoms with E-state index in [1.54, 1.807) is 29.2 Å². The van der Waals surface area contributed by atoms with Crippen LogP contribution in [0.1, 0.15) is 23.3 Å². The summed E-state index contributed by atoms with van der Waals surface area (Å²) in [6.07, 6.45) is 1.76. The highest BCUT2D eigenvalue weighted by molar-refractivity contribution is 7.90. The van der Waals surface area contributed by atoms with Gasteiger partial charge < -0.3 is 4.90 Å². The Bertz CT molecular complexity index is 1250. The number of carbonyl (C=O) groups is 1. The average Bonchev–Trinajstić information content (AvgIpc) is 3.38. The minimum atomic E-state index is -4.16. The molecule has 0 radical (unpaired) electrons. The zero-order valence-corrected chi connectivity index (χ0v) is 17.9. The van der Waals surface area contributed by atoms with Crippen molar-refractivity contribution < 1.29 is 17.6 Å². The predicted molar refractivity (Wildman–Crippen MR) is 111 cm³/mol. The average molecular weight is 467 g/mol. The van der Waals surface area contributed by atoms with Gasteiger partial charge in [-0.3, -0.25) is 4.79 Å². The van der Waals surface area contributed by atoms with Crippen LogP contribution in [-0.2, 0) is 10.0 Å². The molecule has 0 saturated carbocycles. The maximum atomic E-state index is 13.2. The number of sulfonamides is 1. The standard InChI is InChI=1S/C19H16ClFN4O3S2/c20-13-3-7-15(8-4-13)25-22-17(19(26)24-11-1-2-12-24)18(29-25)23-30(27,28)16-9-5-14(21)6-10-16/h3-10H,1-2,11-12H2. The van der Waals surface area contributed by atoms with E-state index >= 15 is 0 Å². The van der Waals surface area contributed by atoms with Crippen molar-refractivity contribution >= 4 is 39.1 Å². The molecule has 1 aliphatic heterocycles. The summed E-state index contributed by atoms with van der Waals surface area (Å²) in [7, 11) is -4.16. The van der Waals surface area contributed by atoms with E-state index < -0.39 is 15.8 Å². The molecule has 0 unspecified atom stereocenters. The van der Waals surface area contributed by atoms with Crippen LogP contribution in [0.4, 0.5) is 4.39 Å². The topological polar surface area (TPSA) is 84.6 Å². The number of nitrogens with zero attached hydrogens (tertiary/aromatic N) is 4. The number of likely N-dealkylation sites (tertiary alicyclic amines) is 1. The first-order chi connectivity index (χ1) is 14.3. The Labute approximate surface area is 181 Å². The first-order valence-electron chi connectivity index (χ1n) is 9.06. The molecule has 7 nitrogen and oxygen atoms in total. The molecule has 3 aromatic rings. The molecule has 1 fully saturated rings. The second-order valence-corrected chi connectivity index (χ2v) is 9.57. The van der Waals surface area contributed by atoms with Crippen LogP contribution in [0.15, 0.2) is 57.8 Å². The summed E-state index contributed by atoms with van der Waals surface area (Å²) in [6, 6.07) is 11.1. The van der Waals surface area contributed by atoms with Crippen LogP contribution in [0.3, 0.4) is 0 Å². The van der Waals surface area contributed by atoms with Crippen molar-refractivity contribution in [1.29, 1.82) is 0 Å². The van der Waals surface area contributed by atoms with E-state index in [-0.39, 0.29) is 21.2 Å². The highest BCUT2D eigenvalue weighted by Gasteiger charge is 2.26. The number of carbonyl (C=O) groups excluding carboxylic acids is 1. The molecule has 30 heavy (non-hydrogen) atoms. The SMILES string of the molecule is O=C(c1nn(-c2ccc(Cl)cc2)sc1=NS(=O)(=O)c1ccc(F)cc1)N1CCCC1. The molecule has 4 rings (SSSR count). The first kappa shape index (κ1) is 20.7. The van der Waals surface area contributed by atoms with E-state index in [0.29, 0.717) is 23.8 Å².